The second-order valence-corrected chi connectivity index (χ2v) is 8.34. The average molecular weight is 473 g/mol. The Bertz CT molecular complexity index is 1120. The number of methoxy groups -OCH3 is 1. The van der Waals surface area contributed by atoms with Crippen LogP contribution in [-0.2, 0) is 22.4 Å². The van der Waals surface area contributed by atoms with Gasteiger partial charge in [0.1, 0.15) is 12.1 Å². The van der Waals surface area contributed by atoms with Crippen LogP contribution in [-0.4, -0.2) is 46.6 Å². The highest BCUT2D eigenvalue weighted by molar-refractivity contribution is 6.35. The molecule has 1 aliphatic rings. The monoisotopic (exact) mass is 472 g/mol. The Kier molecular flexibility index (Phi) is 6.67. The number of hydrogen-bond donors (Lipinski definition) is 2. The minimum absolute atomic E-state index is 0.313. The smallest absolute Gasteiger partial charge is 0.328 e. The van der Waals surface area contributed by atoms with Crippen LogP contribution in [0.15, 0.2) is 54.9 Å². The molecule has 1 aliphatic heterocycles. The average Bonchev–Trinajstić information content (AvgIpc) is 3.27. The molecule has 0 bridgehead atoms. The van der Waals surface area contributed by atoms with Gasteiger partial charge in [-0.25, -0.2) is 14.6 Å². The zero-order valence-electron chi connectivity index (χ0n) is 17.3. The van der Waals surface area contributed by atoms with Crippen LogP contribution in [0, 0.1) is 0 Å². The molecule has 1 unspecified atom stereocenters. The van der Waals surface area contributed by atoms with E-state index in [2.05, 4.69) is 15.3 Å². The Morgan fingerprint density at radius 2 is 2.03 bits per heavy atom. The summed E-state index contributed by atoms with van der Waals surface area (Å²) < 4.78 is 4.94. The molecule has 0 saturated heterocycles. The first-order valence-corrected chi connectivity index (χ1v) is 10.9. The van der Waals surface area contributed by atoms with Crippen LogP contribution in [0.1, 0.15) is 28.6 Å². The second kappa shape index (κ2) is 9.63. The Hall–Kier alpha value is -3.03. The molecular formula is C23H22Cl2N4O3. The third-order valence-corrected chi connectivity index (χ3v) is 6.07. The van der Waals surface area contributed by atoms with Crippen LogP contribution < -0.4 is 5.32 Å². The molecule has 2 amide bonds. The van der Waals surface area contributed by atoms with E-state index in [9.17, 15) is 9.59 Å². The number of esters is 1. The van der Waals surface area contributed by atoms with Gasteiger partial charge in [0.25, 0.3) is 0 Å². The summed E-state index contributed by atoms with van der Waals surface area (Å²) in [6, 6.07) is 12.9. The van der Waals surface area contributed by atoms with Crippen LogP contribution in [0.3, 0.4) is 0 Å². The van der Waals surface area contributed by atoms with E-state index in [0.717, 1.165) is 11.3 Å². The van der Waals surface area contributed by atoms with Gasteiger partial charge in [-0.05, 0) is 23.3 Å². The highest BCUT2D eigenvalue weighted by atomic mass is 35.5. The highest BCUT2D eigenvalue weighted by Crippen LogP contribution is 2.37. The molecule has 0 fully saturated rings. The van der Waals surface area contributed by atoms with E-state index in [1.165, 1.54) is 7.11 Å². The maximum Gasteiger partial charge on any atom is 0.328 e. The van der Waals surface area contributed by atoms with Gasteiger partial charge in [0, 0.05) is 35.1 Å². The Balaban J connectivity index is 1.63. The molecule has 0 spiro atoms. The molecule has 0 saturated carbocycles. The largest absolute Gasteiger partial charge is 0.467 e. The number of halogens is 2. The molecule has 32 heavy (non-hydrogen) atoms. The van der Waals surface area contributed by atoms with Gasteiger partial charge in [0.05, 0.1) is 19.1 Å². The third-order valence-electron chi connectivity index (χ3n) is 5.51. The number of benzene rings is 2. The molecule has 2 aromatic carbocycles. The van der Waals surface area contributed by atoms with Crippen molar-refractivity contribution in [2.45, 2.75) is 24.9 Å². The Morgan fingerprint density at radius 1 is 1.25 bits per heavy atom. The number of aromatic amines is 1. The van der Waals surface area contributed by atoms with Gasteiger partial charge in [-0.2, -0.15) is 0 Å². The number of aromatic nitrogens is 2. The van der Waals surface area contributed by atoms with Gasteiger partial charge in [0.15, 0.2) is 0 Å². The van der Waals surface area contributed by atoms with E-state index in [-0.39, 0.29) is 0 Å². The standard InChI is InChI=1S/C23H22Cl2N4O3/c1-32-22(30)19(11-14-5-3-2-4-6-14)28-23(31)29-10-9-18-20(27-13-26-18)21(29)16-8-7-15(24)12-17(16)25/h2-8,12-13,19,21H,9-11H2,1H3,(H,26,27)(H,28,31)/t19-,21?/m0/s1. The fraction of sp³-hybridized carbons (Fsp3) is 0.261. The van der Waals surface area contributed by atoms with Gasteiger partial charge < -0.3 is 19.9 Å². The number of carbonyl (C=O) groups is 2. The van der Waals surface area contributed by atoms with Gasteiger partial charge >= 0.3 is 12.0 Å². The molecule has 0 radical (unpaired) electrons. The Morgan fingerprint density at radius 3 is 2.75 bits per heavy atom. The van der Waals surface area contributed by atoms with Crippen LogP contribution in [0.25, 0.3) is 0 Å². The number of hydrogen-bond acceptors (Lipinski definition) is 4. The normalized spacial score (nSPS) is 16.2. The lowest BCUT2D eigenvalue weighted by molar-refractivity contribution is -0.142. The molecule has 166 valence electrons. The van der Waals surface area contributed by atoms with Crippen LogP contribution >= 0.6 is 23.2 Å². The van der Waals surface area contributed by atoms with Crippen LogP contribution in [0.5, 0.6) is 0 Å². The molecule has 2 heterocycles. The number of rotatable bonds is 5. The summed E-state index contributed by atoms with van der Waals surface area (Å²) in [5.74, 6) is -0.513. The molecule has 1 aromatic heterocycles. The van der Waals surface area contributed by atoms with E-state index in [0.29, 0.717) is 40.7 Å². The highest BCUT2D eigenvalue weighted by Gasteiger charge is 2.36. The van der Waals surface area contributed by atoms with Crippen molar-refractivity contribution >= 4 is 35.2 Å². The third kappa shape index (κ3) is 4.59. The predicted molar refractivity (Wildman–Crippen MR) is 122 cm³/mol. The minimum Gasteiger partial charge on any atom is -0.467 e. The molecule has 3 aromatic rings. The number of fused-ring (bicyclic) bond motifs is 1. The molecule has 0 aliphatic carbocycles. The summed E-state index contributed by atoms with van der Waals surface area (Å²) in [6.45, 7) is 0.421. The van der Waals surface area contributed by atoms with Crippen molar-refractivity contribution in [3.63, 3.8) is 0 Å². The number of nitrogens with zero attached hydrogens (tertiary/aromatic N) is 2. The molecule has 9 heteroatoms. The minimum atomic E-state index is -0.836. The summed E-state index contributed by atoms with van der Waals surface area (Å²) in [6.07, 6.45) is 2.52. The number of imidazole rings is 1. The summed E-state index contributed by atoms with van der Waals surface area (Å²) in [5, 5.41) is 3.78. The molecular weight excluding hydrogens is 451 g/mol. The van der Waals surface area contributed by atoms with Crippen molar-refractivity contribution < 1.29 is 14.3 Å². The van der Waals surface area contributed by atoms with E-state index in [1.54, 1.807) is 29.4 Å². The van der Waals surface area contributed by atoms with E-state index >= 15 is 0 Å². The zero-order chi connectivity index (χ0) is 22.7. The van der Waals surface area contributed by atoms with Gasteiger partial charge in [-0.15, -0.1) is 0 Å². The number of nitrogens with one attached hydrogen (secondary N) is 2. The molecule has 4 rings (SSSR count). The SMILES string of the molecule is COC(=O)[C@H](Cc1ccccc1)NC(=O)N1CCc2[nH]cnc2C1c1ccc(Cl)cc1Cl. The lowest BCUT2D eigenvalue weighted by Gasteiger charge is -2.36. The first kappa shape index (κ1) is 22.2. The summed E-state index contributed by atoms with van der Waals surface area (Å²) >= 11 is 12.6. The molecule has 2 N–H and O–H groups in total. The van der Waals surface area contributed by atoms with Gasteiger partial charge in [-0.3, -0.25) is 0 Å². The Labute approximate surface area is 195 Å². The maximum atomic E-state index is 13.4. The molecule has 2 atom stereocenters. The van der Waals surface area contributed by atoms with Crippen molar-refractivity contribution in [1.82, 2.24) is 20.2 Å². The van der Waals surface area contributed by atoms with Gasteiger partial charge in [0.2, 0.25) is 0 Å². The van der Waals surface area contributed by atoms with Crippen molar-refractivity contribution in [2.75, 3.05) is 13.7 Å². The maximum absolute atomic E-state index is 13.4. The first-order chi connectivity index (χ1) is 15.5. The fourth-order valence-corrected chi connectivity index (χ4v) is 4.46. The quantitative estimate of drug-likeness (QED) is 0.545. The fourth-order valence-electron chi connectivity index (χ4n) is 3.95. The van der Waals surface area contributed by atoms with E-state index in [4.69, 9.17) is 27.9 Å². The van der Waals surface area contributed by atoms with Crippen molar-refractivity contribution in [2.24, 2.45) is 0 Å². The van der Waals surface area contributed by atoms with Gasteiger partial charge in [-0.1, -0.05) is 59.6 Å². The lowest BCUT2D eigenvalue weighted by Crippen LogP contribution is -2.52. The van der Waals surface area contributed by atoms with E-state index in [1.807, 2.05) is 30.3 Å². The van der Waals surface area contributed by atoms with Crippen LogP contribution in [0.4, 0.5) is 4.79 Å². The summed E-state index contributed by atoms with van der Waals surface area (Å²) in [7, 11) is 1.31. The number of ether oxygens (including phenoxy) is 1. The first-order valence-electron chi connectivity index (χ1n) is 10.1. The van der Waals surface area contributed by atoms with E-state index < -0.39 is 24.1 Å². The zero-order valence-corrected chi connectivity index (χ0v) is 18.9. The number of amides is 2. The van der Waals surface area contributed by atoms with Crippen molar-refractivity contribution in [3.05, 3.63) is 87.4 Å². The number of carbonyl (C=O) groups excluding carboxylic acids is 2. The number of urea groups is 1. The predicted octanol–water partition coefficient (Wildman–Crippen LogP) is 4.16. The molecule has 7 nitrogen and oxygen atoms in total. The number of H-pyrrole nitrogens is 1. The summed E-state index contributed by atoms with van der Waals surface area (Å²) in [4.78, 5) is 35.1. The lowest BCUT2D eigenvalue weighted by atomic mass is 9.96. The van der Waals surface area contributed by atoms with Crippen LogP contribution in [0.2, 0.25) is 10.0 Å². The second-order valence-electron chi connectivity index (χ2n) is 7.49. The van der Waals surface area contributed by atoms with Crippen molar-refractivity contribution in [3.8, 4) is 0 Å². The summed E-state index contributed by atoms with van der Waals surface area (Å²) in [5.41, 5.74) is 3.28. The topological polar surface area (TPSA) is 87.3 Å². The van der Waals surface area contributed by atoms with Crippen molar-refractivity contribution in [1.29, 1.82) is 0 Å².